The van der Waals surface area contributed by atoms with Gasteiger partial charge in [-0.25, -0.2) is 8.42 Å². The largest absolute Gasteiger partial charge is 0.314 e. The third kappa shape index (κ3) is 3.70. The van der Waals surface area contributed by atoms with Gasteiger partial charge < -0.3 is 5.32 Å². The second kappa shape index (κ2) is 6.38. The maximum atomic E-state index is 12.4. The summed E-state index contributed by atoms with van der Waals surface area (Å²) in [7, 11) is -2.84. The molecule has 2 fully saturated rings. The zero-order valence-electron chi connectivity index (χ0n) is 11.5. The molecule has 1 N–H and O–H groups in total. The van der Waals surface area contributed by atoms with E-state index >= 15 is 0 Å². The van der Waals surface area contributed by atoms with Crippen LogP contribution in [0.25, 0.3) is 0 Å². The van der Waals surface area contributed by atoms with E-state index in [2.05, 4.69) is 12.2 Å². The van der Waals surface area contributed by atoms with Gasteiger partial charge in [0.1, 0.15) is 0 Å². The Labute approximate surface area is 112 Å². The van der Waals surface area contributed by atoms with E-state index < -0.39 is 9.84 Å². The first-order chi connectivity index (χ1) is 8.62. The summed E-state index contributed by atoms with van der Waals surface area (Å²) in [6.07, 6.45) is 8.58. The van der Waals surface area contributed by atoms with Crippen LogP contribution in [0.15, 0.2) is 0 Å². The molecule has 0 radical (unpaired) electrons. The van der Waals surface area contributed by atoms with Crippen molar-refractivity contribution in [2.24, 2.45) is 5.92 Å². The normalized spacial score (nSPS) is 30.1. The van der Waals surface area contributed by atoms with Crippen LogP contribution < -0.4 is 5.32 Å². The van der Waals surface area contributed by atoms with E-state index in [9.17, 15) is 8.42 Å². The maximum absolute atomic E-state index is 12.4. The van der Waals surface area contributed by atoms with E-state index in [1.807, 2.05) is 0 Å². The molecule has 2 rings (SSSR count). The van der Waals surface area contributed by atoms with Crippen molar-refractivity contribution in [3.8, 4) is 0 Å². The fourth-order valence-electron chi connectivity index (χ4n) is 3.44. The van der Waals surface area contributed by atoms with Gasteiger partial charge in [0.25, 0.3) is 0 Å². The molecule has 0 saturated heterocycles. The highest BCUT2D eigenvalue weighted by atomic mass is 32.2. The molecule has 4 heteroatoms. The number of sulfone groups is 1. The lowest BCUT2D eigenvalue weighted by Gasteiger charge is -2.16. The van der Waals surface area contributed by atoms with Crippen molar-refractivity contribution < 1.29 is 8.42 Å². The van der Waals surface area contributed by atoms with Crippen LogP contribution in [0.3, 0.4) is 0 Å². The highest BCUT2D eigenvalue weighted by molar-refractivity contribution is 7.92. The molecular weight excluding hydrogens is 246 g/mol. The lowest BCUT2D eigenvalue weighted by Crippen LogP contribution is -2.30. The molecule has 0 bridgehead atoms. The minimum atomic E-state index is -2.84. The average molecular weight is 273 g/mol. The van der Waals surface area contributed by atoms with Crippen LogP contribution in [0.2, 0.25) is 0 Å². The molecule has 0 aromatic rings. The molecule has 2 saturated carbocycles. The van der Waals surface area contributed by atoms with Gasteiger partial charge in [-0.05, 0) is 51.0 Å². The highest BCUT2D eigenvalue weighted by Gasteiger charge is 2.35. The monoisotopic (exact) mass is 273 g/mol. The molecule has 2 atom stereocenters. The van der Waals surface area contributed by atoms with Crippen molar-refractivity contribution in [3.05, 3.63) is 0 Å². The topological polar surface area (TPSA) is 46.2 Å². The molecule has 0 amide bonds. The van der Waals surface area contributed by atoms with Crippen LogP contribution >= 0.6 is 0 Å². The van der Waals surface area contributed by atoms with Crippen LogP contribution in [0.5, 0.6) is 0 Å². The summed E-state index contributed by atoms with van der Waals surface area (Å²) in [6.45, 7) is 3.16. The molecule has 18 heavy (non-hydrogen) atoms. The Morgan fingerprint density at radius 1 is 1.11 bits per heavy atom. The Morgan fingerprint density at radius 2 is 1.83 bits per heavy atom. The molecule has 2 unspecified atom stereocenters. The van der Waals surface area contributed by atoms with Gasteiger partial charge in [0.05, 0.1) is 11.0 Å². The molecule has 3 nitrogen and oxygen atoms in total. The smallest absolute Gasteiger partial charge is 0.153 e. The molecule has 0 aliphatic heterocycles. The van der Waals surface area contributed by atoms with Crippen LogP contribution in [-0.2, 0) is 9.84 Å². The van der Waals surface area contributed by atoms with Gasteiger partial charge in [0.15, 0.2) is 9.84 Å². The van der Waals surface area contributed by atoms with E-state index in [-0.39, 0.29) is 5.25 Å². The Bertz CT molecular complexity index is 347. The van der Waals surface area contributed by atoms with Crippen LogP contribution in [0.4, 0.5) is 0 Å². The number of rotatable bonds is 6. The second-order valence-electron chi connectivity index (χ2n) is 6.07. The lowest BCUT2D eigenvalue weighted by atomic mass is 10.1. The summed E-state index contributed by atoms with van der Waals surface area (Å²) in [5.41, 5.74) is 0. The molecule has 2 aliphatic rings. The first-order valence-electron chi connectivity index (χ1n) is 7.56. The van der Waals surface area contributed by atoms with Crippen molar-refractivity contribution in [3.63, 3.8) is 0 Å². The lowest BCUT2D eigenvalue weighted by molar-refractivity contribution is 0.517. The Kier molecular flexibility index (Phi) is 5.07. The van der Waals surface area contributed by atoms with Gasteiger partial charge in [-0.1, -0.05) is 19.8 Å². The number of hydrogen-bond acceptors (Lipinski definition) is 3. The number of nitrogens with one attached hydrogen (secondary N) is 1. The zero-order valence-corrected chi connectivity index (χ0v) is 12.3. The zero-order chi connectivity index (χ0) is 13.0. The summed E-state index contributed by atoms with van der Waals surface area (Å²) in [6, 6.07) is 0.438. The third-order valence-corrected chi connectivity index (χ3v) is 6.90. The molecule has 0 spiro atoms. The Balaban J connectivity index is 1.83. The summed E-state index contributed by atoms with van der Waals surface area (Å²) in [5.74, 6) is 0.913. The van der Waals surface area contributed by atoms with E-state index in [1.165, 1.54) is 12.8 Å². The Hall–Kier alpha value is -0.0900. The van der Waals surface area contributed by atoms with Gasteiger partial charge in [-0.2, -0.15) is 0 Å². The Morgan fingerprint density at radius 3 is 2.50 bits per heavy atom. The van der Waals surface area contributed by atoms with Crippen molar-refractivity contribution in [1.82, 2.24) is 5.32 Å². The van der Waals surface area contributed by atoms with Crippen LogP contribution in [-0.4, -0.2) is 32.0 Å². The molecule has 0 aromatic heterocycles. The SMILES string of the molecule is CCCNC1CCC(S(=O)(=O)CC2CCCC2)C1. The van der Waals surface area contributed by atoms with E-state index in [0.717, 1.165) is 45.1 Å². The van der Waals surface area contributed by atoms with Gasteiger partial charge in [-0.3, -0.25) is 0 Å². The van der Waals surface area contributed by atoms with Crippen molar-refractivity contribution in [2.75, 3.05) is 12.3 Å². The minimum Gasteiger partial charge on any atom is -0.314 e. The molecule has 0 aromatic carbocycles. The third-order valence-electron chi connectivity index (χ3n) is 4.52. The average Bonchev–Trinajstić information content (AvgIpc) is 2.96. The van der Waals surface area contributed by atoms with Crippen molar-refractivity contribution in [2.45, 2.75) is 69.6 Å². The van der Waals surface area contributed by atoms with Gasteiger partial charge >= 0.3 is 0 Å². The maximum Gasteiger partial charge on any atom is 0.153 e. The van der Waals surface area contributed by atoms with E-state index in [4.69, 9.17) is 0 Å². The summed E-state index contributed by atoms with van der Waals surface area (Å²) < 4.78 is 24.8. The van der Waals surface area contributed by atoms with Crippen LogP contribution in [0.1, 0.15) is 58.3 Å². The second-order valence-corrected chi connectivity index (χ2v) is 8.39. The summed E-state index contributed by atoms with van der Waals surface area (Å²) in [5, 5.41) is 3.40. The summed E-state index contributed by atoms with van der Waals surface area (Å²) in [4.78, 5) is 0. The highest BCUT2D eigenvalue weighted by Crippen LogP contribution is 2.31. The van der Waals surface area contributed by atoms with E-state index in [0.29, 0.717) is 17.7 Å². The predicted octanol–water partition coefficient (Wildman–Crippen LogP) is 2.51. The van der Waals surface area contributed by atoms with Gasteiger partial charge in [0, 0.05) is 6.04 Å². The van der Waals surface area contributed by atoms with Crippen molar-refractivity contribution in [1.29, 1.82) is 0 Å². The van der Waals surface area contributed by atoms with Crippen molar-refractivity contribution >= 4 is 9.84 Å². The predicted molar refractivity (Wildman–Crippen MR) is 75.5 cm³/mol. The van der Waals surface area contributed by atoms with Crippen LogP contribution in [0, 0.1) is 5.92 Å². The van der Waals surface area contributed by atoms with Gasteiger partial charge in [0.2, 0.25) is 0 Å². The molecule has 2 aliphatic carbocycles. The standard InChI is InChI=1S/C14H27NO2S/c1-2-9-15-13-7-8-14(10-13)18(16,17)11-12-5-3-4-6-12/h12-15H,2-11H2,1H3. The quantitative estimate of drug-likeness (QED) is 0.809. The first kappa shape index (κ1) is 14.3. The molecule has 0 heterocycles. The fraction of sp³-hybridized carbons (Fsp3) is 1.00. The number of hydrogen-bond donors (Lipinski definition) is 1. The first-order valence-corrected chi connectivity index (χ1v) is 9.28. The van der Waals surface area contributed by atoms with Gasteiger partial charge in [-0.15, -0.1) is 0 Å². The summed E-state index contributed by atoms with van der Waals surface area (Å²) >= 11 is 0. The minimum absolute atomic E-state index is 0.0625. The molecular formula is C14H27NO2S. The fourth-order valence-corrected chi connectivity index (χ4v) is 5.73. The molecule has 106 valence electrons. The van der Waals surface area contributed by atoms with E-state index in [1.54, 1.807) is 0 Å².